The Hall–Kier alpha value is -2.05. The van der Waals surface area contributed by atoms with Gasteiger partial charge in [0.05, 0.1) is 24.9 Å². The van der Waals surface area contributed by atoms with E-state index in [0.717, 1.165) is 16.8 Å². The second-order valence-corrected chi connectivity index (χ2v) is 7.78. The fourth-order valence-electron chi connectivity index (χ4n) is 3.01. The zero-order valence-corrected chi connectivity index (χ0v) is 16.3. The molecule has 0 bridgehead atoms. The SMILES string of the molecule is COc1ccc(B2OC(C)(C)C(C)(C)O2)c(Cn2cccc(C)c2=O)c1. The zero-order valence-electron chi connectivity index (χ0n) is 16.3. The highest BCUT2D eigenvalue weighted by molar-refractivity contribution is 6.62. The lowest BCUT2D eigenvalue weighted by molar-refractivity contribution is 0.00578. The Labute approximate surface area is 155 Å². The molecule has 1 aliphatic rings. The van der Waals surface area contributed by atoms with Gasteiger partial charge in [0, 0.05) is 11.8 Å². The number of hydrogen-bond acceptors (Lipinski definition) is 4. The van der Waals surface area contributed by atoms with E-state index in [1.165, 1.54) is 0 Å². The van der Waals surface area contributed by atoms with E-state index in [4.69, 9.17) is 14.0 Å². The molecule has 6 heteroatoms. The Morgan fingerprint density at radius 3 is 2.38 bits per heavy atom. The smallest absolute Gasteiger partial charge is 0.495 e. The molecule has 0 N–H and O–H groups in total. The van der Waals surface area contributed by atoms with Crippen LogP contribution in [0.4, 0.5) is 0 Å². The van der Waals surface area contributed by atoms with Gasteiger partial charge in [-0.05, 0) is 63.8 Å². The molecule has 0 radical (unpaired) electrons. The molecule has 1 fully saturated rings. The number of aromatic nitrogens is 1. The van der Waals surface area contributed by atoms with Gasteiger partial charge in [0.25, 0.3) is 5.56 Å². The topological polar surface area (TPSA) is 49.7 Å². The zero-order chi connectivity index (χ0) is 19.1. The summed E-state index contributed by atoms with van der Waals surface area (Å²) in [5.41, 5.74) is 1.72. The number of aryl methyl sites for hydroxylation is 1. The highest BCUT2D eigenvalue weighted by Crippen LogP contribution is 2.36. The maximum atomic E-state index is 12.4. The molecule has 2 aromatic rings. The molecular formula is C20H26BNO4. The summed E-state index contributed by atoms with van der Waals surface area (Å²) < 4.78 is 19.5. The normalized spacial score (nSPS) is 18.2. The quantitative estimate of drug-likeness (QED) is 0.791. The van der Waals surface area contributed by atoms with Crippen LogP contribution in [0.1, 0.15) is 38.8 Å². The highest BCUT2D eigenvalue weighted by atomic mass is 16.7. The van der Waals surface area contributed by atoms with Crippen LogP contribution < -0.4 is 15.8 Å². The van der Waals surface area contributed by atoms with Crippen LogP contribution in [0.2, 0.25) is 0 Å². The standard InChI is InChI=1S/C20H26BNO4/c1-14-8-7-11-22(18(14)23)13-15-12-16(24-6)9-10-17(15)21-25-19(2,3)20(4,5)26-21/h7-12H,13H2,1-6H3. The van der Waals surface area contributed by atoms with Crippen LogP contribution in [0.25, 0.3) is 0 Å². The number of ether oxygens (including phenoxy) is 1. The molecule has 0 saturated carbocycles. The summed E-state index contributed by atoms with van der Waals surface area (Å²) in [5.74, 6) is 0.737. The van der Waals surface area contributed by atoms with E-state index in [9.17, 15) is 4.79 Å². The monoisotopic (exact) mass is 355 g/mol. The molecule has 26 heavy (non-hydrogen) atoms. The predicted molar refractivity (Wildman–Crippen MR) is 103 cm³/mol. The molecule has 5 nitrogen and oxygen atoms in total. The van der Waals surface area contributed by atoms with E-state index >= 15 is 0 Å². The summed E-state index contributed by atoms with van der Waals surface area (Å²) in [6.07, 6.45) is 1.79. The van der Waals surface area contributed by atoms with E-state index < -0.39 is 18.3 Å². The Kier molecular flexibility index (Phi) is 4.75. The van der Waals surface area contributed by atoms with E-state index in [2.05, 4.69) is 0 Å². The third-order valence-electron chi connectivity index (χ3n) is 5.41. The molecule has 1 aromatic heterocycles. The first-order chi connectivity index (χ1) is 12.1. The van der Waals surface area contributed by atoms with Crippen LogP contribution in [0.3, 0.4) is 0 Å². The summed E-state index contributed by atoms with van der Waals surface area (Å²) in [5, 5.41) is 0. The molecule has 0 spiro atoms. The van der Waals surface area contributed by atoms with Gasteiger partial charge >= 0.3 is 7.12 Å². The Bertz CT molecular complexity index is 856. The lowest BCUT2D eigenvalue weighted by atomic mass is 9.75. The van der Waals surface area contributed by atoms with Crippen molar-refractivity contribution >= 4 is 12.6 Å². The summed E-state index contributed by atoms with van der Waals surface area (Å²) in [6.45, 7) is 10.4. The van der Waals surface area contributed by atoms with Gasteiger partial charge in [-0.1, -0.05) is 12.1 Å². The fourth-order valence-corrected chi connectivity index (χ4v) is 3.01. The summed E-state index contributed by atoms with van der Waals surface area (Å²) >= 11 is 0. The Balaban J connectivity index is 2.02. The van der Waals surface area contributed by atoms with Crippen LogP contribution in [0.5, 0.6) is 5.75 Å². The molecule has 0 unspecified atom stereocenters. The van der Waals surface area contributed by atoms with Crippen molar-refractivity contribution in [1.82, 2.24) is 4.57 Å². The maximum Gasteiger partial charge on any atom is 0.495 e. The van der Waals surface area contributed by atoms with Gasteiger partial charge in [0.2, 0.25) is 0 Å². The Morgan fingerprint density at radius 1 is 1.12 bits per heavy atom. The molecule has 1 saturated heterocycles. The van der Waals surface area contributed by atoms with Crippen LogP contribution in [0, 0.1) is 6.92 Å². The van der Waals surface area contributed by atoms with Crippen molar-refractivity contribution in [2.75, 3.05) is 7.11 Å². The first-order valence-electron chi connectivity index (χ1n) is 8.83. The number of nitrogens with zero attached hydrogens (tertiary/aromatic N) is 1. The lowest BCUT2D eigenvalue weighted by Crippen LogP contribution is -2.41. The van der Waals surface area contributed by atoms with Crippen molar-refractivity contribution in [3.63, 3.8) is 0 Å². The van der Waals surface area contributed by atoms with Crippen molar-refractivity contribution in [3.05, 3.63) is 58.0 Å². The average molecular weight is 355 g/mol. The molecule has 0 atom stereocenters. The van der Waals surface area contributed by atoms with E-state index in [1.54, 1.807) is 17.9 Å². The number of rotatable bonds is 4. The van der Waals surface area contributed by atoms with Crippen molar-refractivity contribution < 1.29 is 14.0 Å². The first-order valence-corrected chi connectivity index (χ1v) is 8.83. The van der Waals surface area contributed by atoms with Crippen LogP contribution in [-0.2, 0) is 15.9 Å². The van der Waals surface area contributed by atoms with E-state index in [1.807, 2.05) is 65.0 Å². The van der Waals surface area contributed by atoms with E-state index in [-0.39, 0.29) is 5.56 Å². The van der Waals surface area contributed by atoms with Crippen LogP contribution in [0.15, 0.2) is 41.3 Å². The fraction of sp³-hybridized carbons (Fsp3) is 0.450. The van der Waals surface area contributed by atoms with Crippen LogP contribution in [-0.4, -0.2) is 30.0 Å². The number of hydrogen-bond donors (Lipinski definition) is 0. The minimum atomic E-state index is -0.485. The molecule has 3 rings (SSSR count). The van der Waals surface area contributed by atoms with Crippen molar-refractivity contribution in [3.8, 4) is 5.75 Å². The largest absolute Gasteiger partial charge is 0.497 e. The molecule has 138 valence electrons. The van der Waals surface area contributed by atoms with Gasteiger partial charge in [-0.2, -0.15) is 0 Å². The van der Waals surface area contributed by atoms with Crippen molar-refractivity contribution in [2.45, 2.75) is 52.4 Å². The average Bonchev–Trinajstić information content (AvgIpc) is 2.79. The molecule has 0 amide bonds. The molecule has 1 aliphatic heterocycles. The Morgan fingerprint density at radius 2 is 1.77 bits per heavy atom. The number of pyridine rings is 1. The second kappa shape index (κ2) is 6.60. The van der Waals surface area contributed by atoms with Gasteiger partial charge in [-0.3, -0.25) is 4.79 Å². The third-order valence-corrected chi connectivity index (χ3v) is 5.41. The lowest BCUT2D eigenvalue weighted by Gasteiger charge is -2.32. The molecule has 1 aromatic carbocycles. The molecular weight excluding hydrogens is 329 g/mol. The van der Waals surface area contributed by atoms with Gasteiger partial charge in [-0.15, -0.1) is 0 Å². The molecule has 2 heterocycles. The first kappa shape index (κ1) is 18.7. The highest BCUT2D eigenvalue weighted by Gasteiger charge is 2.52. The van der Waals surface area contributed by atoms with E-state index in [0.29, 0.717) is 12.1 Å². The van der Waals surface area contributed by atoms with Crippen molar-refractivity contribution in [1.29, 1.82) is 0 Å². The minimum absolute atomic E-state index is 0.00446. The summed E-state index contributed by atoms with van der Waals surface area (Å²) in [7, 11) is 1.15. The van der Waals surface area contributed by atoms with Gasteiger partial charge in [0.15, 0.2) is 0 Å². The summed E-state index contributed by atoms with van der Waals surface area (Å²) in [4.78, 5) is 12.4. The number of methoxy groups -OCH3 is 1. The van der Waals surface area contributed by atoms with Gasteiger partial charge in [0.1, 0.15) is 5.75 Å². The van der Waals surface area contributed by atoms with Gasteiger partial charge in [-0.25, -0.2) is 0 Å². The number of benzene rings is 1. The second-order valence-electron chi connectivity index (χ2n) is 7.78. The van der Waals surface area contributed by atoms with Crippen LogP contribution >= 0.6 is 0 Å². The summed E-state index contributed by atoms with van der Waals surface area (Å²) in [6, 6.07) is 9.49. The van der Waals surface area contributed by atoms with Crippen molar-refractivity contribution in [2.24, 2.45) is 0 Å². The third kappa shape index (κ3) is 3.31. The van der Waals surface area contributed by atoms with Gasteiger partial charge < -0.3 is 18.6 Å². The minimum Gasteiger partial charge on any atom is -0.497 e. The predicted octanol–water partition coefficient (Wildman–Crippen LogP) is 2.51. The maximum absolute atomic E-state index is 12.4. The molecule has 0 aliphatic carbocycles.